The van der Waals surface area contributed by atoms with E-state index >= 15 is 0 Å². The SMILES string of the molecule is Cc1nc(C)c(CNCCN2CCCCC2)s1. The number of nitrogens with zero attached hydrogens (tertiary/aromatic N) is 2. The third-order valence-electron chi connectivity index (χ3n) is 3.34. The van der Waals surface area contributed by atoms with Crippen molar-refractivity contribution in [2.75, 3.05) is 26.2 Å². The zero-order valence-electron chi connectivity index (χ0n) is 11.0. The number of piperidine rings is 1. The summed E-state index contributed by atoms with van der Waals surface area (Å²) in [4.78, 5) is 8.41. The molecule has 96 valence electrons. The van der Waals surface area contributed by atoms with Gasteiger partial charge in [0, 0.05) is 24.5 Å². The summed E-state index contributed by atoms with van der Waals surface area (Å²) in [6, 6.07) is 0. The summed E-state index contributed by atoms with van der Waals surface area (Å²) in [7, 11) is 0. The Bertz CT molecular complexity index is 342. The van der Waals surface area contributed by atoms with Crippen LogP contribution < -0.4 is 5.32 Å². The quantitative estimate of drug-likeness (QED) is 0.816. The fraction of sp³-hybridized carbons (Fsp3) is 0.769. The van der Waals surface area contributed by atoms with Crippen LogP contribution >= 0.6 is 11.3 Å². The van der Waals surface area contributed by atoms with Crippen molar-refractivity contribution in [3.05, 3.63) is 15.6 Å². The van der Waals surface area contributed by atoms with Crippen molar-refractivity contribution in [1.29, 1.82) is 0 Å². The van der Waals surface area contributed by atoms with E-state index in [1.54, 1.807) is 0 Å². The first-order valence-corrected chi connectivity index (χ1v) is 7.43. The first-order chi connectivity index (χ1) is 8.25. The molecule has 17 heavy (non-hydrogen) atoms. The summed E-state index contributed by atoms with van der Waals surface area (Å²) in [5, 5.41) is 4.71. The summed E-state index contributed by atoms with van der Waals surface area (Å²) < 4.78 is 0. The average Bonchev–Trinajstić information content (AvgIpc) is 2.65. The number of thiazole rings is 1. The number of likely N-dealkylation sites (tertiary alicyclic amines) is 1. The molecule has 1 N–H and O–H groups in total. The molecule has 0 amide bonds. The first kappa shape index (κ1) is 13.0. The third-order valence-corrected chi connectivity index (χ3v) is 4.41. The van der Waals surface area contributed by atoms with E-state index in [1.807, 2.05) is 11.3 Å². The van der Waals surface area contributed by atoms with Gasteiger partial charge >= 0.3 is 0 Å². The Balaban J connectivity index is 1.64. The lowest BCUT2D eigenvalue weighted by Gasteiger charge is -2.26. The number of nitrogens with one attached hydrogen (secondary N) is 1. The molecule has 0 saturated carbocycles. The molecule has 1 aromatic rings. The van der Waals surface area contributed by atoms with E-state index in [9.17, 15) is 0 Å². The standard InChI is InChI=1S/C13H23N3S/c1-11-13(17-12(2)15-11)10-14-6-9-16-7-4-3-5-8-16/h14H,3-10H2,1-2H3. The van der Waals surface area contributed by atoms with Crippen LogP contribution in [0.2, 0.25) is 0 Å². The molecule has 1 aliphatic rings. The fourth-order valence-electron chi connectivity index (χ4n) is 2.36. The summed E-state index contributed by atoms with van der Waals surface area (Å²) in [6.45, 7) is 10.0. The topological polar surface area (TPSA) is 28.2 Å². The van der Waals surface area contributed by atoms with Crippen molar-refractivity contribution in [2.24, 2.45) is 0 Å². The molecular formula is C13H23N3S. The summed E-state index contributed by atoms with van der Waals surface area (Å²) in [5.41, 5.74) is 1.19. The van der Waals surface area contributed by atoms with Crippen LogP contribution in [0.1, 0.15) is 34.8 Å². The van der Waals surface area contributed by atoms with Crippen molar-refractivity contribution >= 4 is 11.3 Å². The van der Waals surface area contributed by atoms with E-state index in [0.717, 1.165) is 13.1 Å². The molecule has 1 aliphatic heterocycles. The van der Waals surface area contributed by atoms with Gasteiger partial charge in [0.1, 0.15) is 0 Å². The van der Waals surface area contributed by atoms with Crippen molar-refractivity contribution in [2.45, 2.75) is 39.7 Å². The van der Waals surface area contributed by atoms with E-state index < -0.39 is 0 Å². The van der Waals surface area contributed by atoms with Crippen molar-refractivity contribution < 1.29 is 0 Å². The van der Waals surface area contributed by atoms with Crippen LogP contribution in [0.15, 0.2) is 0 Å². The molecule has 2 heterocycles. The summed E-state index contributed by atoms with van der Waals surface area (Å²) in [6.07, 6.45) is 4.18. The maximum atomic E-state index is 4.45. The summed E-state index contributed by atoms with van der Waals surface area (Å²) >= 11 is 1.81. The Morgan fingerprint density at radius 3 is 2.65 bits per heavy atom. The monoisotopic (exact) mass is 253 g/mol. The third kappa shape index (κ3) is 4.05. The highest BCUT2D eigenvalue weighted by molar-refractivity contribution is 7.11. The van der Waals surface area contributed by atoms with Crippen molar-refractivity contribution in [1.82, 2.24) is 15.2 Å². The largest absolute Gasteiger partial charge is 0.311 e. The zero-order chi connectivity index (χ0) is 12.1. The highest BCUT2D eigenvalue weighted by Crippen LogP contribution is 2.16. The van der Waals surface area contributed by atoms with Gasteiger partial charge in [-0.15, -0.1) is 11.3 Å². The molecular weight excluding hydrogens is 230 g/mol. The van der Waals surface area contributed by atoms with E-state index in [0.29, 0.717) is 0 Å². The van der Waals surface area contributed by atoms with Gasteiger partial charge < -0.3 is 10.2 Å². The molecule has 0 bridgehead atoms. The number of hydrogen-bond acceptors (Lipinski definition) is 4. The Hall–Kier alpha value is -0.450. The molecule has 0 spiro atoms. The minimum Gasteiger partial charge on any atom is -0.311 e. The smallest absolute Gasteiger partial charge is 0.0900 e. The number of aryl methyl sites for hydroxylation is 2. The average molecular weight is 253 g/mol. The van der Waals surface area contributed by atoms with E-state index in [-0.39, 0.29) is 0 Å². The van der Waals surface area contributed by atoms with Crippen LogP contribution in [0.3, 0.4) is 0 Å². The van der Waals surface area contributed by atoms with Gasteiger partial charge in [0.25, 0.3) is 0 Å². The second-order valence-corrected chi connectivity index (χ2v) is 6.11. The van der Waals surface area contributed by atoms with Crippen LogP contribution in [-0.2, 0) is 6.54 Å². The molecule has 1 saturated heterocycles. The van der Waals surface area contributed by atoms with Gasteiger partial charge in [0.2, 0.25) is 0 Å². The number of hydrogen-bond donors (Lipinski definition) is 1. The maximum Gasteiger partial charge on any atom is 0.0900 e. The number of rotatable bonds is 5. The minimum atomic E-state index is 0.977. The maximum absolute atomic E-state index is 4.45. The van der Waals surface area contributed by atoms with Gasteiger partial charge in [-0.1, -0.05) is 6.42 Å². The van der Waals surface area contributed by atoms with Gasteiger partial charge in [0.05, 0.1) is 10.7 Å². The Labute approximate surface area is 108 Å². The normalized spacial score (nSPS) is 17.5. The highest BCUT2D eigenvalue weighted by Gasteiger charge is 2.09. The highest BCUT2D eigenvalue weighted by atomic mass is 32.1. The van der Waals surface area contributed by atoms with Crippen molar-refractivity contribution in [3.8, 4) is 0 Å². The second-order valence-electron chi connectivity index (χ2n) is 4.82. The molecule has 4 heteroatoms. The van der Waals surface area contributed by atoms with Crippen LogP contribution in [0.4, 0.5) is 0 Å². The zero-order valence-corrected chi connectivity index (χ0v) is 11.8. The molecule has 0 aliphatic carbocycles. The molecule has 3 nitrogen and oxygen atoms in total. The van der Waals surface area contributed by atoms with Gasteiger partial charge in [-0.2, -0.15) is 0 Å². The number of aromatic nitrogens is 1. The van der Waals surface area contributed by atoms with Crippen LogP contribution in [0, 0.1) is 13.8 Å². The van der Waals surface area contributed by atoms with Crippen molar-refractivity contribution in [3.63, 3.8) is 0 Å². The lowest BCUT2D eigenvalue weighted by atomic mass is 10.1. The lowest BCUT2D eigenvalue weighted by molar-refractivity contribution is 0.229. The molecule has 0 unspecified atom stereocenters. The Kier molecular flexibility index (Phi) is 4.95. The van der Waals surface area contributed by atoms with E-state index in [2.05, 4.69) is 29.0 Å². The van der Waals surface area contributed by atoms with Crippen LogP contribution in [0.25, 0.3) is 0 Å². The molecule has 2 rings (SSSR count). The Morgan fingerprint density at radius 2 is 2.00 bits per heavy atom. The summed E-state index contributed by atoms with van der Waals surface area (Å²) in [5.74, 6) is 0. The predicted octanol–water partition coefficient (Wildman–Crippen LogP) is 2.34. The van der Waals surface area contributed by atoms with Crippen LogP contribution in [0.5, 0.6) is 0 Å². The van der Waals surface area contributed by atoms with Gasteiger partial charge in [-0.25, -0.2) is 4.98 Å². The predicted molar refractivity (Wildman–Crippen MR) is 73.6 cm³/mol. The van der Waals surface area contributed by atoms with Gasteiger partial charge in [-0.05, 0) is 39.8 Å². The van der Waals surface area contributed by atoms with Gasteiger partial charge in [-0.3, -0.25) is 0 Å². The van der Waals surface area contributed by atoms with E-state index in [4.69, 9.17) is 0 Å². The van der Waals surface area contributed by atoms with Crippen LogP contribution in [-0.4, -0.2) is 36.1 Å². The lowest BCUT2D eigenvalue weighted by Crippen LogP contribution is -2.35. The molecule has 0 aromatic carbocycles. The minimum absolute atomic E-state index is 0.977. The molecule has 0 radical (unpaired) electrons. The molecule has 1 aromatic heterocycles. The Morgan fingerprint density at radius 1 is 1.24 bits per heavy atom. The van der Waals surface area contributed by atoms with Gasteiger partial charge in [0.15, 0.2) is 0 Å². The fourth-order valence-corrected chi connectivity index (χ4v) is 3.27. The molecule has 1 fully saturated rings. The molecule has 0 atom stereocenters. The second kappa shape index (κ2) is 6.47. The first-order valence-electron chi connectivity index (χ1n) is 6.61. The van der Waals surface area contributed by atoms with E-state index in [1.165, 1.54) is 54.5 Å².